The summed E-state index contributed by atoms with van der Waals surface area (Å²) in [6.07, 6.45) is 4.07. The zero-order valence-electron chi connectivity index (χ0n) is 6.82. The standard InChI is InChI=1S/C7H14N4/c1-2-3-7-6-11(5-4-8)10-9-7/h6H,2-5,8H2,1H3. The first-order valence-electron chi connectivity index (χ1n) is 3.96. The molecule has 0 bridgehead atoms. The van der Waals surface area contributed by atoms with E-state index in [0.29, 0.717) is 6.54 Å². The normalized spacial score (nSPS) is 10.4. The van der Waals surface area contributed by atoms with Crippen molar-refractivity contribution in [1.82, 2.24) is 15.0 Å². The molecule has 1 aromatic rings. The van der Waals surface area contributed by atoms with Crippen LogP contribution in [0.4, 0.5) is 0 Å². The fourth-order valence-electron chi connectivity index (χ4n) is 0.951. The van der Waals surface area contributed by atoms with Crippen molar-refractivity contribution in [3.05, 3.63) is 11.9 Å². The van der Waals surface area contributed by atoms with Crippen LogP contribution in [0.1, 0.15) is 19.0 Å². The van der Waals surface area contributed by atoms with Crippen LogP contribution in [-0.4, -0.2) is 21.5 Å². The number of hydrogen-bond acceptors (Lipinski definition) is 3. The molecule has 11 heavy (non-hydrogen) atoms. The van der Waals surface area contributed by atoms with E-state index in [1.165, 1.54) is 0 Å². The molecule has 0 aliphatic rings. The monoisotopic (exact) mass is 154 g/mol. The molecule has 0 saturated carbocycles. The fraction of sp³-hybridized carbons (Fsp3) is 0.714. The molecule has 0 saturated heterocycles. The van der Waals surface area contributed by atoms with Gasteiger partial charge in [-0.2, -0.15) is 0 Å². The maximum Gasteiger partial charge on any atom is 0.0827 e. The number of aryl methyl sites for hydroxylation is 1. The zero-order valence-corrected chi connectivity index (χ0v) is 6.82. The van der Waals surface area contributed by atoms with Gasteiger partial charge in [0.1, 0.15) is 0 Å². The molecule has 1 heterocycles. The van der Waals surface area contributed by atoms with Crippen molar-refractivity contribution in [3.63, 3.8) is 0 Å². The molecule has 0 aromatic carbocycles. The molecule has 0 unspecified atom stereocenters. The van der Waals surface area contributed by atoms with Gasteiger partial charge in [0.2, 0.25) is 0 Å². The molecule has 2 N–H and O–H groups in total. The first-order chi connectivity index (χ1) is 5.36. The van der Waals surface area contributed by atoms with Gasteiger partial charge in [0, 0.05) is 12.7 Å². The third kappa shape index (κ3) is 2.31. The summed E-state index contributed by atoms with van der Waals surface area (Å²) in [7, 11) is 0. The van der Waals surface area contributed by atoms with Gasteiger partial charge in [0.15, 0.2) is 0 Å². The molecule has 0 atom stereocenters. The summed E-state index contributed by atoms with van der Waals surface area (Å²) in [5, 5.41) is 7.89. The summed E-state index contributed by atoms with van der Waals surface area (Å²) in [4.78, 5) is 0. The highest BCUT2D eigenvalue weighted by atomic mass is 15.4. The number of hydrogen-bond donors (Lipinski definition) is 1. The first-order valence-corrected chi connectivity index (χ1v) is 3.96. The molecule has 0 amide bonds. The highest BCUT2D eigenvalue weighted by molar-refractivity contribution is 4.91. The number of aromatic nitrogens is 3. The Morgan fingerprint density at radius 2 is 2.45 bits per heavy atom. The Morgan fingerprint density at radius 1 is 1.64 bits per heavy atom. The summed E-state index contributed by atoms with van der Waals surface area (Å²) in [5.74, 6) is 0. The minimum absolute atomic E-state index is 0.620. The lowest BCUT2D eigenvalue weighted by atomic mass is 10.3. The van der Waals surface area contributed by atoms with Crippen molar-refractivity contribution in [2.45, 2.75) is 26.3 Å². The van der Waals surface area contributed by atoms with E-state index in [0.717, 1.165) is 25.1 Å². The molecule has 0 fully saturated rings. The highest BCUT2D eigenvalue weighted by Gasteiger charge is 1.96. The van der Waals surface area contributed by atoms with Gasteiger partial charge in [-0.1, -0.05) is 18.6 Å². The third-order valence-corrected chi connectivity index (χ3v) is 1.45. The number of rotatable bonds is 4. The minimum atomic E-state index is 0.620. The van der Waals surface area contributed by atoms with Crippen LogP contribution in [0, 0.1) is 0 Å². The lowest BCUT2D eigenvalue weighted by Gasteiger charge is -1.92. The van der Waals surface area contributed by atoms with E-state index >= 15 is 0 Å². The molecular weight excluding hydrogens is 140 g/mol. The van der Waals surface area contributed by atoms with Crippen LogP contribution in [0.15, 0.2) is 6.20 Å². The van der Waals surface area contributed by atoms with Crippen LogP contribution in [0.3, 0.4) is 0 Å². The molecule has 0 radical (unpaired) electrons. The maximum atomic E-state index is 5.36. The molecular formula is C7H14N4. The molecule has 4 nitrogen and oxygen atoms in total. The van der Waals surface area contributed by atoms with Gasteiger partial charge in [0.25, 0.3) is 0 Å². The van der Waals surface area contributed by atoms with Gasteiger partial charge >= 0.3 is 0 Å². The Bertz CT molecular complexity index is 185. The van der Waals surface area contributed by atoms with E-state index in [4.69, 9.17) is 5.73 Å². The molecule has 0 aliphatic carbocycles. The Kier molecular flexibility index (Phi) is 3.04. The summed E-state index contributed by atoms with van der Waals surface area (Å²) in [6.45, 7) is 3.51. The van der Waals surface area contributed by atoms with Crippen molar-refractivity contribution in [3.8, 4) is 0 Å². The Labute approximate surface area is 66.4 Å². The quantitative estimate of drug-likeness (QED) is 0.673. The minimum Gasteiger partial charge on any atom is -0.329 e. The lowest BCUT2D eigenvalue weighted by Crippen LogP contribution is -2.10. The van der Waals surface area contributed by atoms with E-state index in [9.17, 15) is 0 Å². The number of nitrogens with zero attached hydrogens (tertiary/aromatic N) is 3. The van der Waals surface area contributed by atoms with Gasteiger partial charge < -0.3 is 5.73 Å². The molecule has 4 heteroatoms. The summed E-state index contributed by atoms with van der Waals surface area (Å²) >= 11 is 0. The van der Waals surface area contributed by atoms with Gasteiger partial charge in [-0.25, -0.2) is 0 Å². The van der Waals surface area contributed by atoms with E-state index in [1.807, 2.05) is 6.20 Å². The van der Waals surface area contributed by atoms with Crippen LogP contribution in [0.2, 0.25) is 0 Å². The Hall–Kier alpha value is -0.900. The Morgan fingerprint density at radius 3 is 3.09 bits per heavy atom. The number of nitrogens with two attached hydrogens (primary N) is 1. The van der Waals surface area contributed by atoms with Crippen LogP contribution >= 0.6 is 0 Å². The van der Waals surface area contributed by atoms with E-state index in [1.54, 1.807) is 4.68 Å². The van der Waals surface area contributed by atoms with Gasteiger partial charge in [-0.3, -0.25) is 4.68 Å². The van der Waals surface area contributed by atoms with E-state index in [2.05, 4.69) is 17.2 Å². The topological polar surface area (TPSA) is 56.7 Å². The zero-order chi connectivity index (χ0) is 8.10. The van der Waals surface area contributed by atoms with Crippen LogP contribution in [-0.2, 0) is 13.0 Å². The Balaban J connectivity index is 2.51. The largest absolute Gasteiger partial charge is 0.329 e. The van der Waals surface area contributed by atoms with E-state index < -0.39 is 0 Å². The van der Waals surface area contributed by atoms with Crippen molar-refractivity contribution in [2.24, 2.45) is 5.73 Å². The van der Waals surface area contributed by atoms with E-state index in [-0.39, 0.29) is 0 Å². The fourth-order valence-corrected chi connectivity index (χ4v) is 0.951. The van der Waals surface area contributed by atoms with Gasteiger partial charge in [0.05, 0.1) is 12.2 Å². The molecule has 1 aromatic heterocycles. The summed E-state index contributed by atoms with van der Waals surface area (Å²) in [6, 6.07) is 0. The predicted molar refractivity (Wildman–Crippen MR) is 43.1 cm³/mol. The van der Waals surface area contributed by atoms with Crippen molar-refractivity contribution >= 4 is 0 Å². The SMILES string of the molecule is CCCc1cn(CCN)nn1. The maximum absolute atomic E-state index is 5.36. The second-order valence-electron chi connectivity index (χ2n) is 2.51. The second-order valence-corrected chi connectivity index (χ2v) is 2.51. The average molecular weight is 154 g/mol. The van der Waals surface area contributed by atoms with Crippen molar-refractivity contribution in [1.29, 1.82) is 0 Å². The second kappa shape index (κ2) is 4.08. The highest BCUT2D eigenvalue weighted by Crippen LogP contribution is 1.96. The predicted octanol–water partition coefficient (Wildman–Crippen LogP) is 0.189. The average Bonchev–Trinajstić information content (AvgIpc) is 2.38. The summed E-state index contributed by atoms with van der Waals surface area (Å²) in [5.41, 5.74) is 6.41. The van der Waals surface area contributed by atoms with Crippen molar-refractivity contribution < 1.29 is 0 Å². The molecule has 62 valence electrons. The van der Waals surface area contributed by atoms with Crippen molar-refractivity contribution in [2.75, 3.05) is 6.54 Å². The first kappa shape index (κ1) is 8.20. The van der Waals surface area contributed by atoms with Crippen LogP contribution in [0.5, 0.6) is 0 Å². The lowest BCUT2D eigenvalue weighted by molar-refractivity contribution is 0.598. The molecule has 0 spiro atoms. The molecule has 1 rings (SSSR count). The third-order valence-electron chi connectivity index (χ3n) is 1.45. The molecule has 0 aliphatic heterocycles. The van der Waals surface area contributed by atoms with Gasteiger partial charge in [-0.05, 0) is 6.42 Å². The summed E-state index contributed by atoms with van der Waals surface area (Å²) < 4.78 is 1.78. The van der Waals surface area contributed by atoms with Gasteiger partial charge in [-0.15, -0.1) is 5.10 Å². The van der Waals surface area contributed by atoms with Crippen LogP contribution < -0.4 is 5.73 Å². The van der Waals surface area contributed by atoms with Crippen LogP contribution in [0.25, 0.3) is 0 Å². The smallest absolute Gasteiger partial charge is 0.0827 e.